The lowest BCUT2D eigenvalue weighted by molar-refractivity contribution is 0.108. The Morgan fingerprint density at radius 2 is 0.952 bits per heavy atom. The zero-order chi connectivity index (χ0) is 29.2. The molecule has 1 aromatic heterocycles. The molecule has 0 aliphatic heterocycles. The van der Waals surface area contributed by atoms with E-state index >= 15 is 0 Å². The number of unbranched alkanes of at least 4 members (excludes halogenated alkanes) is 11. The monoisotopic (exact) mass is 581 g/mol. The first-order valence-electron chi connectivity index (χ1n) is 19.2. The van der Waals surface area contributed by atoms with Crippen molar-refractivity contribution in [3.8, 4) is 5.75 Å². The molecule has 1 heterocycles. The van der Waals surface area contributed by atoms with Crippen LogP contribution < -0.4 is 4.74 Å². The summed E-state index contributed by atoms with van der Waals surface area (Å²) >= 11 is 0. The van der Waals surface area contributed by atoms with E-state index < -0.39 is 0 Å². The van der Waals surface area contributed by atoms with Gasteiger partial charge in [0.25, 0.3) is 0 Å². The van der Waals surface area contributed by atoms with Crippen LogP contribution in [0.25, 0.3) is 0 Å². The lowest BCUT2D eigenvalue weighted by Gasteiger charge is -2.41. The van der Waals surface area contributed by atoms with Gasteiger partial charge in [-0.3, -0.25) is 0 Å². The Morgan fingerprint density at radius 1 is 0.524 bits per heavy atom. The molecule has 0 spiro atoms. The van der Waals surface area contributed by atoms with E-state index in [0.717, 1.165) is 54.2 Å². The maximum absolute atomic E-state index is 5.97. The van der Waals surface area contributed by atoms with Crippen LogP contribution in [0.3, 0.4) is 0 Å². The first kappa shape index (κ1) is 33.8. The molecule has 240 valence electrons. The van der Waals surface area contributed by atoms with Crippen LogP contribution in [0.15, 0.2) is 12.4 Å². The highest BCUT2D eigenvalue weighted by Gasteiger charge is 2.35. The van der Waals surface area contributed by atoms with E-state index in [1.165, 1.54) is 148 Å². The first-order chi connectivity index (χ1) is 20.8. The molecule has 1 aromatic rings. The van der Waals surface area contributed by atoms with Crippen LogP contribution >= 0.6 is 0 Å². The Kier molecular flexibility index (Phi) is 16.1. The molecule has 3 heteroatoms. The van der Waals surface area contributed by atoms with Crippen molar-refractivity contribution in [3.63, 3.8) is 0 Å². The quantitative estimate of drug-likeness (QED) is 0.153. The molecule has 3 aliphatic rings. The number of ether oxygens (including phenoxy) is 1. The van der Waals surface area contributed by atoms with Crippen LogP contribution in [-0.4, -0.2) is 16.6 Å². The van der Waals surface area contributed by atoms with Crippen LogP contribution in [0.1, 0.15) is 193 Å². The molecule has 42 heavy (non-hydrogen) atoms. The summed E-state index contributed by atoms with van der Waals surface area (Å²) in [6.07, 6.45) is 40.8. The van der Waals surface area contributed by atoms with E-state index in [9.17, 15) is 0 Å². The lowest BCUT2D eigenvalue weighted by atomic mass is 9.65. The summed E-state index contributed by atoms with van der Waals surface area (Å²) in [5, 5.41) is 0. The zero-order valence-electron chi connectivity index (χ0n) is 28.0. The Bertz CT molecular complexity index is 785. The van der Waals surface area contributed by atoms with Crippen molar-refractivity contribution in [2.75, 3.05) is 6.61 Å². The summed E-state index contributed by atoms with van der Waals surface area (Å²) in [4.78, 5) is 9.52. The van der Waals surface area contributed by atoms with E-state index in [1.807, 2.05) is 12.4 Å². The SMILES string of the molecule is CCCCCCCCCCCCOc1cnc(C2CCC(C3CCC(C4CCC(CCCCC)CC4)CC3)CC2)nc1. The van der Waals surface area contributed by atoms with E-state index in [1.54, 1.807) is 12.8 Å². The molecule has 3 fully saturated rings. The first-order valence-corrected chi connectivity index (χ1v) is 19.2. The average Bonchev–Trinajstić information content (AvgIpc) is 3.05. The van der Waals surface area contributed by atoms with Crippen molar-refractivity contribution < 1.29 is 4.74 Å². The maximum Gasteiger partial charge on any atom is 0.155 e. The summed E-state index contributed by atoms with van der Waals surface area (Å²) < 4.78 is 5.97. The summed E-state index contributed by atoms with van der Waals surface area (Å²) in [5.74, 6) is 7.59. The number of rotatable bonds is 19. The molecule has 3 saturated carbocycles. The van der Waals surface area contributed by atoms with Crippen molar-refractivity contribution in [2.45, 2.75) is 187 Å². The van der Waals surface area contributed by atoms with Crippen molar-refractivity contribution in [3.05, 3.63) is 18.2 Å². The molecule has 0 unspecified atom stereocenters. The third-order valence-corrected chi connectivity index (χ3v) is 11.8. The number of aromatic nitrogens is 2. The normalized spacial score (nSPS) is 28.5. The highest BCUT2D eigenvalue weighted by Crippen LogP contribution is 2.47. The van der Waals surface area contributed by atoms with Gasteiger partial charge in [0.2, 0.25) is 0 Å². The Hall–Kier alpha value is -1.12. The molecule has 3 aliphatic carbocycles. The summed E-state index contributed by atoms with van der Waals surface area (Å²) in [7, 11) is 0. The minimum atomic E-state index is 0.557. The molecule has 4 rings (SSSR count). The smallest absolute Gasteiger partial charge is 0.155 e. The van der Waals surface area contributed by atoms with Gasteiger partial charge in [-0.1, -0.05) is 110 Å². The van der Waals surface area contributed by atoms with Crippen LogP contribution in [0.4, 0.5) is 0 Å². The summed E-state index contributed by atoms with van der Waals surface area (Å²) in [6.45, 7) is 5.42. The van der Waals surface area contributed by atoms with Gasteiger partial charge < -0.3 is 4.74 Å². The third kappa shape index (κ3) is 11.8. The molecule has 0 radical (unpaired) electrons. The minimum Gasteiger partial charge on any atom is -0.490 e. The fraction of sp³-hybridized carbons (Fsp3) is 0.897. The molecule has 0 saturated heterocycles. The lowest BCUT2D eigenvalue weighted by Crippen LogP contribution is -2.29. The highest BCUT2D eigenvalue weighted by atomic mass is 16.5. The number of nitrogens with zero attached hydrogens (tertiary/aromatic N) is 2. The summed E-state index contributed by atoms with van der Waals surface area (Å²) in [6, 6.07) is 0. The standard InChI is InChI=1S/C39H68N2O/c1-3-5-7-8-9-10-11-12-13-15-29-42-38-30-40-39(41-31-38)37-27-25-36(26-28-37)35-23-21-34(22-24-35)33-19-17-32(18-20-33)16-14-6-4-2/h30-37H,3-29H2,1-2H3. The second-order valence-electron chi connectivity index (χ2n) is 14.9. The Labute approximate surface area is 261 Å². The molecule has 0 aromatic carbocycles. The van der Waals surface area contributed by atoms with Gasteiger partial charge in [0.1, 0.15) is 5.82 Å². The summed E-state index contributed by atoms with van der Waals surface area (Å²) in [5.41, 5.74) is 0. The molecule has 0 bridgehead atoms. The van der Waals surface area contributed by atoms with Crippen molar-refractivity contribution >= 4 is 0 Å². The van der Waals surface area contributed by atoms with Crippen LogP contribution in [0.2, 0.25) is 0 Å². The molecular weight excluding hydrogens is 512 g/mol. The molecule has 0 atom stereocenters. The van der Waals surface area contributed by atoms with Crippen molar-refractivity contribution in [1.29, 1.82) is 0 Å². The predicted molar refractivity (Wildman–Crippen MR) is 179 cm³/mol. The molecular formula is C39H68N2O. The Morgan fingerprint density at radius 3 is 1.48 bits per heavy atom. The molecule has 3 nitrogen and oxygen atoms in total. The fourth-order valence-electron chi connectivity index (χ4n) is 8.96. The fourth-order valence-corrected chi connectivity index (χ4v) is 8.96. The van der Waals surface area contributed by atoms with Gasteiger partial charge in [0.05, 0.1) is 19.0 Å². The molecule has 0 amide bonds. The van der Waals surface area contributed by atoms with Gasteiger partial charge in [-0.05, 0) is 100 Å². The topological polar surface area (TPSA) is 35.0 Å². The van der Waals surface area contributed by atoms with Gasteiger partial charge >= 0.3 is 0 Å². The van der Waals surface area contributed by atoms with Crippen molar-refractivity contribution in [2.24, 2.45) is 29.6 Å². The Balaban J connectivity index is 1.04. The van der Waals surface area contributed by atoms with Crippen LogP contribution in [0.5, 0.6) is 5.75 Å². The predicted octanol–water partition coefficient (Wildman–Crippen LogP) is 12.2. The van der Waals surface area contributed by atoms with Crippen LogP contribution in [-0.2, 0) is 0 Å². The second kappa shape index (κ2) is 20.0. The van der Waals surface area contributed by atoms with Crippen LogP contribution in [0, 0.1) is 29.6 Å². The van der Waals surface area contributed by atoms with Gasteiger partial charge in [-0.25, -0.2) is 9.97 Å². The van der Waals surface area contributed by atoms with Gasteiger partial charge in [0, 0.05) is 5.92 Å². The van der Waals surface area contributed by atoms with Gasteiger partial charge in [0.15, 0.2) is 5.75 Å². The number of hydrogen-bond acceptors (Lipinski definition) is 3. The zero-order valence-corrected chi connectivity index (χ0v) is 28.0. The van der Waals surface area contributed by atoms with Crippen molar-refractivity contribution in [1.82, 2.24) is 9.97 Å². The average molecular weight is 581 g/mol. The van der Waals surface area contributed by atoms with E-state index in [0.29, 0.717) is 5.92 Å². The van der Waals surface area contributed by atoms with E-state index in [2.05, 4.69) is 13.8 Å². The molecule has 0 N–H and O–H groups in total. The second-order valence-corrected chi connectivity index (χ2v) is 14.9. The largest absolute Gasteiger partial charge is 0.490 e. The van der Waals surface area contributed by atoms with E-state index in [-0.39, 0.29) is 0 Å². The highest BCUT2D eigenvalue weighted by molar-refractivity contribution is 5.14. The minimum absolute atomic E-state index is 0.557. The van der Waals surface area contributed by atoms with Gasteiger partial charge in [-0.2, -0.15) is 0 Å². The van der Waals surface area contributed by atoms with E-state index in [4.69, 9.17) is 14.7 Å². The third-order valence-electron chi connectivity index (χ3n) is 11.8. The number of hydrogen-bond donors (Lipinski definition) is 0. The maximum atomic E-state index is 5.97. The van der Waals surface area contributed by atoms with Gasteiger partial charge in [-0.15, -0.1) is 0 Å².